The Balaban J connectivity index is 1.72. The van der Waals surface area contributed by atoms with Gasteiger partial charge in [0.05, 0.1) is 17.9 Å². The number of amides is 2. The lowest BCUT2D eigenvalue weighted by Gasteiger charge is -2.34. The molecule has 3 rings (SSSR count). The van der Waals surface area contributed by atoms with Gasteiger partial charge >= 0.3 is 6.09 Å². The number of rotatable bonds is 3. The van der Waals surface area contributed by atoms with Crippen LogP contribution < -0.4 is 0 Å². The third-order valence-corrected chi connectivity index (χ3v) is 3.82. The molecule has 0 saturated carbocycles. The SMILES string of the molecule is CCOC(=O)N1CCN(C(=O)c2ccccc2-n2cnnn2)CC1. The molecule has 1 aromatic heterocycles. The van der Waals surface area contributed by atoms with Gasteiger partial charge in [0.25, 0.3) is 5.91 Å². The summed E-state index contributed by atoms with van der Waals surface area (Å²) in [6.45, 7) is 3.95. The number of ether oxygens (including phenoxy) is 1. The molecular formula is C15H18N6O3. The van der Waals surface area contributed by atoms with Crippen molar-refractivity contribution in [2.75, 3.05) is 32.8 Å². The van der Waals surface area contributed by atoms with Gasteiger partial charge in [0.1, 0.15) is 6.33 Å². The summed E-state index contributed by atoms with van der Waals surface area (Å²) in [7, 11) is 0. The largest absolute Gasteiger partial charge is 0.450 e. The lowest BCUT2D eigenvalue weighted by Crippen LogP contribution is -2.50. The zero-order valence-electron chi connectivity index (χ0n) is 13.3. The van der Waals surface area contributed by atoms with E-state index in [-0.39, 0.29) is 12.0 Å². The molecule has 0 radical (unpaired) electrons. The van der Waals surface area contributed by atoms with Crippen molar-refractivity contribution in [1.29, 1.82) is 0 Å². The van der Waals surface area contributed by atoms with E-state index in [1.54, 1.807) is 34.9 Å². The van der Waals surface area contributed by atoms with Crippen LogP contribution in [0.2, 0.25) is 0 Å². The lowest BCUT2D eigenvalue weighted by molar-refractivity contribution is 0.0570. The molecule has 1 aliphatic heterocycles. The normalized spacial score (nSPS) is 14.5. The highest BCUT2D eigenvalue weighted by molar-refractivity contribution is 5.97. The third kappa shape index (κ3) is 3.19. The molecule has 1 fully saturated rings. The number of nitrogens with zero attached hydrogens (tertiary/aromatic N) is 6. The fraction of sp³-hybridized carbons (Fsp3) is 0.400. The molecule has 1 saturated heterocycles. The minimum Gasteiger partial charge on any atom is -0.450 e. The highest BCUT2D eigenvalue weighted by atomic mass is 16.6. The van der Waals surface area contributed by atoms with Gasteiger partial charge < -0.3 is 14.5 Å². The summed E-state index contributed by atoms with van der Waals surface area (Å²) >= 11 is 0. The van der Waals surface area contributed by atoms with Crippen LogP contribution in [-0.4, -0.2) is 74.8 Å². The monoisotopic (exact) mass is 330 g/mol. The quantitative estimate of drug-likeness (QED) is 0.817. The summed E-state index contributed by atoms with van der Waals surface area (Å²) in [5.41, 5.74) is 1.15. The van der Waals surface area contributed by atoms with Crippen molar-refractivity contribution in [3.63, 3.8) is 0 Å². The molecule has 0 spiro atoms. The predicted molar refractivity (Wildman–Crippen MR) is 83.7 cm³/mol. The fourth-order valence-electron chi connectivity index (χ4n) is 2.60. The van der Waals surface area contributed by atoms with Gasteiger partial charge in [0.15, 0.2) is 0 Å². The van der Waals surface area contributed by atoms with Crippen LogP contribution in [0.4, 0.5) is 4.79 Å². The van der Waals surface area contributed by atoms with Crippen molar-refractivity contribution in [2.45, 2.75) is 6.92 Å². The maximum Gasteiger partial charge on any atom is 0.409 e. The minimum absolute atomic E-state index is 0.107. The van der Waals surface area contributed by atoms with Crippen molar-refractivity contribution in [1.82, 2.24) is 30.0 Å². The van der Waals surface area contributed by atoms with E-state index >= 15 is 0 Å². The Labute approximate surface area is 138 Å². The topological polar surface area (TPSA) is 93.5 Å². The molecule has 126 valence electrons. The number of hydrogen-bond donors (Lipinski definition) is 0. The first-order valence-electron chi connectivity index (χ1n) is 7.74. The van der Waals surface area contributed by atoms with Crippen molar-refractivity contribution < 1.29 is 14.3 Å². The van der Waals surface area contributed by atoms with Crippen LogP contribution in [0.3, 0.4) is 0 Å². The first-order valence-corrected chi connectivity index (χ1v) is 7.74. The highest BCUT2D eigenvalue weighted by Crippen LogP contribution is 2.16. The first-order chi connectivity index (χ1) is 11.7. The van der Waals surface area contributed by atoms with E-state index in [0.717, 1.165) is 0 Å². The second-order valence-corrected chi connectivity index (χ2v) is 5.25. The van der Waals surface area contributed by atoms with Crippen LogP contribution in [0.5, 0.6) is 0 Å². The summed E-state index contributed by atoms with van der Waals surface area (Å²) in [5, 5.41) is 11.1. The van der Waals surface area contributed by atoms with E-state index in [2.05, 4.69) is 15.5 Å². The third-order valence-electron chi connectivity index (χ3n) is 3.82. The van der Waals surface area contributed by atoms with Crippen molar-refractivity contribution in [3.05, 3.63) is 36.2 Å². The van der Waals surface area contributed by atoms with Crippen molar-refractivity contribution in [3.8, 4) is 5.69 Å². The molecule has 0 unspecified atom stereocenters. The van der Waals surface area contributed by atoms with Gasteiger partial charge in [-0.25, -0.2) is 4.79 Å². The predicted octanol–water partition coefficient (Wildman–Crippen LogP) is 0.577. The Kier molecular flexibility index (Phi) is 4.69. The van der Waals surface area contributed by atoms with Gasteiger partial charge in [0.2, 0.25) is 0 Å². The highest BCUT2D eigenvalue weighted by Gasteiger charge is 2.26. The van der Waals surface area contributed by atoms with E-state index in [1.807, 2.05) is 6.07 Å². The molecule has 0 atom stereocenters. The molecule has 9 nitrogen and oxygen atoms in total. The van der Waals surface area contributed by atoms with Gasteiger partial charge in [-0.05, 0) is 29.5 Å². The van der Waals surface area contributed by atoms with E-state index < -0.39 is 0 Å². The van der Waals surface area contributed by atoms with Gasteiger partial charge in [0, 0.05) is 26.2 Å². The zero-order valence-corrected chi connectivity index (χ0v) is 13.3. The molecular weight excluding hydrogens is 312 g/mol. The van der Waals surface area contributed by atoms with Crippen LogP contribution in [0.1, 0.15) is 17.3 Å². The number of carbonyl (C=O) groups excluding carboxylic acids is 2. The standard InChI is InChI=1S/C15H18N6O3/c1-2-24-15(23)20-9-7-19(8-10-20)14(22)12-5-3-4-6-13(12)21-11-16-17-18-21/h3-6,11H,2,7-10H2,1H3. The Morgan fingerprint density at radius 3 is 2.50 bits per heavy atom. The van der Waals surface area contributed by atoms with E-state index in [0.29, 0.717) is 44.0 Å². The number of para-hydroxylation sites is 1. The van der Waals surface area contributed by atoms with Crippen molar-refractivity contribution >= 4 is 12.0 Å². The Morgan fingerprint density at radius 2 is 1.83 bits per heavy atom. The molecule has 1 aliphatic rings. The first kappa shape index (κ1) is 15.9. The van der Waals surface area contributed by atoms with Gasteiger partial charge in [-0.3, -0.25) is 4.79 Å². The lowest BCUT2D eigenvalue weighted by atomic mass is 10.1. The molecule has 2 heterocycles. The van der Waals surface area contributed by atoms with Crippen LogP contribution >= 0.6 is 0 Å². The molecule has 2 amide bonds. The van der Waals surface area contributed by atoms with E-state index in [9.17, 15) is 9.59 Å². The zero-order chi connectivity index (χ0) is 16.9. The van der Waals surface area contributed by atoms with E-state index in [4.69, 9.17) is 4.74 Å². The molecule has 2 aromatic rings. The number of hydrogen-bond acceptors (Lipinski definition) is 6. The summed E-state index contributed by atoms with van der Waals surface area (Å²) in [6.07, 6.45) is 1.11. The minimum atomic E-state index is -0.335. The number of tetrazole rings is 1. The summed E-state index contributed by atoms with van der Waals surface area (Å²) < 4.78 is 6.45. The second-order valence-electron chi connectivity index (χ2n) is 5.25. The fourth-order valence-corrected chi connectivity index (χ4v) is 2.60. The summed E-state index contributed by atoms with van der Waals surface area (Å²) in [4.78, 5) is 27.9. The second kappa shape index (κ2) is 7.07. The van der Waals surface area contributed by atoms with Gasteiger partial charge in [-0.15, -0.1) is 5.10 Å². The number of carbonyl (C=O) groups is 2. The smallest absolute Gasteiger partial charge is 0.409 e. The number of benzene rings is 1. The summed E-state index contributed by atoms with van der Waals surface area (Å²) in [5.74, 6) is -0.107. The maximum absolute atomic E-state index is 12.8. The summed E-state index contributed by atoms with van der Waals surface area (Å²) in [6, 6.07) is 7.16. The van der Waals surface area contributed by atoms with Crippen LogP contribution in [0, 0.1) is 0 Å². The van der Waals surface area contributed by atoms with Crippen LogP contribution in [-0.2, 0) is 4.74 Å². The molecule has 9 heteroatoms. The van der Waals surface area contributed by atoms with Crippen LogP contribution in [0.25, 0.3) is 5.69 Å². The Morgan fingerprint density at radius 1 is 1.12 bits per heavy atom. The Hall–Kier alpha value is -2.97. The average molecular weight is 330 g/mol. The van der Waals surface area contributed by atoms with Gasteiger partial charge in [-0.2, -0.15) is 4.68 Å². The number of piperazine rings is 1. The molecule has 0 bridgehead atoms. The average Bonchev–Trinajstić information content (AvgIpc) is 3.16. The maximum atomic E-state index is 12.8. The molecule has 0 aliphatic carbocycles. The molecule has 0 N–H and O–H groups in total. The molecule has 24 heavy (non-hydrogen) atoms. The van der Waals surface area contributed by atoms with Crippen molar-refractivity contribution in [2.24, 2.45) is 0 Å². The van der Waals surface area contributed by atoms with E-state index in [1.165, 1.54) is 11.0 Å². The molecule has 1 aromatic carbocycles. The number of aromatic nitrogens is 4. The Bertz CT molecular complexity index is 710. The van der Waals surface area contributed by atoms with Gasteiger partial charge in [-0.1, -0.05) is 12.1 Å². The van der Waals surface area contributed by atoms with Crippen LogP contribution in [0.15, 0.2) is 30.6 Å².